The molecule has 5 N–H and O–H groups in total. The molecule has 0 spiro atoms. The topological polar surface area (TPSA) is 131 Å². The van der Waals surface area contributed by atoms with E-state index in [9.17, 15) is 19.5 Å². The lowest BCUT2D eigenvalue weighted by Crippen LogP contribution is -2.48. The van der Waals surface area contributed by atoms with Gasteiger partial charge in [-0.25, -0.2) is 4.79 Å². The summed E-state index contributed by atoms with van der Waals surface area (Å²) in [5, 5.41) is 14.5. The SMILES string of the molecule is COc1ccc(C(=O)NCCCC[C@@H](N)C(=O)N[C@@H](CC(C)C)C(=O)O)cc1. The maximum Gasteiger partial charge on any atom is 0.326 e. The molecule has 8 nitrogen and oxygen atoms in total. The summed E-state index contributed by atoms with van der Waals surface area (Å²) in [4.78, 5) is 35.3. The van der Waals surface area contributed by atoms with E-state index >= 15 is 0 Å². The van der Waals surface area contributed by atoms with Gasteiger partial charge < -0.3 is 26.2 Å². The number of hydrogen-bond acceptors (Lipinski definition) is 5. The number of nitrogens with one attached hydrogen (secondary N) is 2. The van der Waals surface area contributed by atoms with E-state index < -0.39 is 24.0 Å². The van der Waals surface area contributed by atoms with Crippen LogP contribution in [0.2, 0.25) is 0 Å². The highest BCUT2D eigenvalue weighted by molar-refractivity contribution is 5.94. The molecular weight excluding hydrogens is 362 g/mol. The monoisotopic (exact) mass is 393 g/mol. The third-order valence-corrected chi connectivity index (χ3v) is 4.24. The molecule has 0 radical (unpaired) electrons. The summed E-state index contributed by atoms with van der Waals surface area (Å²) in [6, 6.07) is 5.11. The quantitative estimate of drug-likeness (QED) is 0.398. The van der Waals surface area contributed by atoms with Gasteiger partial charge in [0.2, 0.25) is 5.91 Å². The highest BCUT2D eigenvalue weighted by atomic mass is 16.5. The summed E-state index contributed by atoms with van der Waals surface area (Å²) in [7, 11) is 1.56. The second-order valence-electron chi connectivity index (χ2n) is 7.12. The third kappa shape index (κ3) is 8.39. The molecule has 0 bridgehead atoms. The third-order valence-electron chi connectivity index (χ3n) is 4.24. The van der Waals surface area contributed by atoms with Crippen molar-refractivity contribution in [2.24, 2.45) is 11.7 Å². The molecule has 0 saturated carbocycles. The average Bonchev–Trinajstić information content (AvgIpc) is 2.66. The van der Waals surface area contributed by atoms with Crippen molar-refractivity contribution in [3.05, 3.63) is 29.8 Å². The first-order valence-corrected chi connectivity index (χ1v) is 9.45. The molecule has 1 aromatic rings. The van der Waals surface area contributed by atoms with E-state index in [1.807, 2.05) is 13.8 Å². The van der Waals surface area contributed by atoms with Crippen LogP contribution in [0.5, 0.6) is 5.75 Å². The number of benzene rings is 1. The number of carboxylic acids is 1. The lowest BCUT2D eigenvalue weighted by molar-refractivity contribution is -0.142. The molecule has 0 aliphatic heterocycles. The number of carbonyl (C=O) groups is 3. The molecular formula is C20H31N3O5. The number of hydrogen-bond donors (Lipinski definition) is 4. The van der Waals surface area contributed by atoms with Crippen molar-refractivity contribution in [3.8, 4) is 5.75 Å². The number of amides is 2. The number of rotatable bonds is 12. The molecule has 2 atom stereocenters. The molecule has 0 aromatic heterocycles. The van der Waals surface area contributed by atoms with Gasteiger partial charge in [-0.15, -0.1) is 0 Å². The smallest absolute Gasteiger partial charge is 0.326 e. The van der Waals surface area contributed by atoms with Gasteiger partial charge in [-0.3, -0.25) is 9.59 Å². The first-order chi connectivity index (χ1) is 13.2. The average molecular weight is 393 g/mol. The fraction of sp³-hybridized carbons (Fsp3) is 0.550. The van der Waals surface area contributed by atoms with Crippen LogP contribution in [-0.2, 0) is 9.59 Å². The Morgan fingerprint density at radius 1 is 1.14 bits per heavy atom. The van der Waals surface area contributed by atoms with Crippen molar-refractivity contribution in [2.75, 3.05) is 13.7 Å². The van der Waals surface area contributed by atoms with Crippen molar-refractivity contribution in [1.29, 1.82) is 0 Å². The van der Waals surface area contributed by atoms with E-state index in [2.05, 4.69) is 10.6 Å². The molecule has 156 valence electrons. The van der Waals surface area contributed by atoms with Crippen LogP contribution in [-0.4, -0.2) is 48.6 Å². The van der Waals surface area contributed by atoms with Crippen LogP contribution in [0.25, 0.3) is 0 Å². The predicted molar refractivity (Wildman–Crippen MR) is 106 cm³/mol. The molecule has 0 aliphatic rings. The van der Waals surface area contributed by atoms with E-state index in [4.69, 9.17) is 10.5 Å². The van der Waals surface area contributed by atoms with Crippen LogP contribution < -0.4 is 21.1 Å². The van der Waals surface area contributed by atoms with Gasteiger partial charge in [0.15, 0.2) is 0 Å². The largest absolute Gasteiger partial charge is 0.497 e. The second-order valence-corrected chi connectivity index (χ2v) is 7.12. The zero-order chi connectivity index (χ0) is 21.1. The van der Waals surface area contributed by atoms with Crippen LogP contribution in [0, 0.1) is 5.92 Å². The standard InChI is InChI=1S/C20H31N3O5/c1-13(2)12-17(20(26)27)23-19(25)16(21)6-4-5-11-22-18(24)14-7-9-15(28-3)10-8-14/h7-10,13,16-17H,4-6,11-12,21H2,1-3H3,(H,22,24)(H,23,25)(H,26,27)/t16-,17+/m1/s1. The molecule has 1 aromatic carbocycles. The molecule has 2 amide bonds. The summed E-state index contributed by atoms with van der Waals surface area (Å²) in [5.74, 6) is -0.872. The number of aliphatic carboxylic acids is 1. The van der Waals surface area contributed by atoms with Crippen LogP contribution in [0.3, 0.4) is 0 Å². The zero-order valence-corrected chi connectivity index (χ0v) is 16.7. The normalized spacial score (nSPS) is 12.9. The van der Waals surface area contributed by atoms with Crippen LogP contribution in [0.4, 0.5) is 0 Å². The predicted octanol–water partition coefficient (Wildman–Crippen LogP) is 1.54. The Hall–Kier alpha value is -2.61. The van der Waals surface area contributed by atoms with Crippen molar-refractivity contribution in [3.63, 3.8) is 0 Å². The van der Waals surface area contributed by atoms with Crippen LogP contribution >= 0.6 is 0 Å². The van der Waals surface area contributed by atoms with Crippen LogP contribution in [0.1, 0.15) is 49.9 Å². The van der Waals surface area contributed by atoms with Gasteiger partial charge in [0.05, 0.1) is 13.2 Å². The van der Waals surface area contributed by atoms with E-state index in [-0.39, 0.29) is 11.8 Å². The molecule has 1 rings (SSSR count). The number of carbonyl (C=O) groups excluding carboxylic acids is 2. The first-order valence-electron chi connectivity index (χ1n) is 9.45. The number of methoxy groups -OCH3 is 1. The molecule has 0 unspecified atom stereocenters. The minimum atomic E-state index is -1.06. The van der Waals surface area contributed by atoms with Gasteiger partial charge in [-0.1, -0.05) is 13.8 Å². The van der Waals surface area contributed by atoms with E-state index in [0.29, 0.717) is 43.5 Å². The summed E-state index contributed by atoms with van der Waals surface area (Å²) in [6.07, 6.45) is 2.07. The van der Waals surface area contributed by atoms with E-state index in [0.717, 1.165) is 0 Å². The number of ether oxygens (including phenoxy) is 1. The minimum absolute atomic E-state index is 0.145. The molecule has 8 heteroatoms. The fourth-order valence-electron chi connectivity index (χ4n) is 2.64. The van der Waals surface area contributed by atoms with E-state index in [1.54, 1.807) is 31.4 Å². The lowest BCUT2D eigenvalue weighted by atomic mass is 10.0. The van der Waals surface area contributed by atoms with Crippen molar-refractivity contribution in [2.45, 2.75) is 51.6 Å². The Labute approximate surface area is 165 Å². The first kappa shape index (κ1) is 23.4. The van der Waals surface area contributed by atoms with Gasteiger partial charge in [-0.05, 0) is 55.9 Å². The molecule has 28 heavy (non-hydrogen) atoms. The Bertz CT molecular complexity index is 646. The van der Waals surface area contributed by atoms with Gasteiger partial charge in [0, 0.05) is 12.1 Å². The maximum atomic E-state index is 12.1. The van der Waals surface area contributed by atoms with E-state index in [1.165, 1.54) is 0 Å². The second kappa shape index (κ2) is 12.0. The Morgan fingerprint density at radius 3 is 2.32 bits per heavy atom. The van der Waals surface area contributed by atoms with Crippen LogP contribution in [0.15, 0.2) is 24.3 Å². The number of unbranched alkanes of at least 4 members (excludes halogenated alkanes) is 1. The summed E-state index contributed by atoms with van der Waals surface area (Å²) < 4.78 is 5.05. The van der Waals surface area contributed by atoms with Gasteiger partial charge in [0.25, 0.3) is 5.91 Å². The molecule has 0 aliphatic carbocycles. The number of carboxylic acid groups (broad SMARTS) is 1. The lowest BCUT2D eigenvalue weighted by Gasteiger charge is -2.19. The minimum Gasteiger partial charge on any atom is -0.497 e. The fourth-order valence-corrected chi connectivity index (χ4v) is 2.64. The Kier molecular flexibility index (Phi) is 10.0. The van der Waals surface area contributed by atoms with Gasteiger partial charge in [-0.2, -0.15) is 0 Å². The maximum absolute atomic E-state index is 12.1. The summed E-state index contributed by atoms with van der Waals surface area (Å²) >= 11 is 0. The Morgan fingerprint density at radius 2 is 1.79 bits per heavy atom. The van der Waals surface area contributed by atoms with Crippen molar-refractivity contribution < 1.29 is 24.2 Å². The molecule has 0 saturated heterocycles. The van der Waals surface area contributed by atoms with Crippen molar-refractivity contribution in [1.82, 2.24) is 10.6 Å². The van der Waals surface area contributed by atoms with Gasteiger partial charge in [0.1, 0.15) is 11.8 Å². The zero-order valence-electron chi connectivity index (χ0n) is 16.7. The highest BCUT2D eigenvalue weighted by Crippen LogP contribution is 2.11. The highest BCUT2D eigenvalue weighted by Gasteiger charge is 2.23. The number of nitrogens with two attached hydrogens (primary N) is 1. The van der Waals surface area contributed by atoms with Crippen molar-refractivity contribution >= 4 is 17.8 Å². The summed E-state index contributed by atoms with van der Waals surface area (Å²) in [5.41, 5.74) is 6.40. The van der Waals surface area contributed by atoms with Gasteiger partial charge >= 0.3 is 5.97 Å². The molecule has 0 fully saturated rings. The Balaban J connectivity index is 2.29. The molecule has 0 heterocycles. The summed E-state index contributed by atoms with van der Waals surface area (Å²) in [6.45, 7) is 4.24.